The molecule has 0 saturated carbocycles. The molecule has 1 aliphatic heterocycles. The molecule has 1 aromatic carbocycles. The molecule has 1 aliphatic rings. The number of ether oxygens (including phenoxy) is 1. The molecule has 1 saturated heterocycles. The summed E-state index contributed by atoms with van der Waals surface area (Å²) < 4.78 is 5.13. The van der Waals surface area contributed by atoms with Crippen LogP contribution in [-0.2, 0) is 6.54 Å². The number of nitrogens with one attached hydrogen (secondary N) is 1. The van der Waals surface area contributed by atoms with Gasteiger partial charge in [-0.15, -0.1) is 0 Å². The largest absolute Gasteiger partial charge is 0.497 e. The van der Waals surface area contributed by atoms with E-state index in [-0.39, 0.29) is 6.04 Å². The van der Waals surface area contributed by atoms with Crippen LogP contribution in [-0.4, -0.2) is 40.8 Å². The summed E-state index contributed by atoms with van der Waals surface area (Å²) >= 11 is 5.37. The smallest absolute Gasteiger partial charge is 0.404 e. The molecular weight excluding hydrogens is 276 g/mol. The van der Waals surface area contributed by atoms with Gasteiger partial charge in [0.2, 0.25) is 0 Å². The minimum atomic E-state index is -0.979. The van der Waals surface area contributed by atoms with Gasteiger partial charge >= 0.3 is 6.09 Å². The number of piperidine rings is 1. The molecule has 20 heavy (non-hydrogen) atoms. The molecule has 0 aliphatic carbocycles. The molecule has 0 spiro atoms. The molecule has 1 amide bonds. The van der Waals surface area contributed by atoms with Crippen LogP contribution in [0.1, 0.15) is 18.4 Å². The second kappa shape index (κ2) is 6.56. The summed E-state index contributed by atoms with van der Waals surface area (Å²) in [5.41, 5.74) is 1.13. The molecule has 0 bridgehead atoms. The van der Waals surface area contributed by atoms with Crippen molar-refractivity contribution in [3.8, 4) is 5.75 Å². The van der Waals surface area contributed by atoms with Crippen LogP contribution in [0, 0.1) is 0 Å². The Balaban J connectivity index is 1.98. The molecule has 108 valence electrons. The van der Waals surface area contributed by atoms with Crippen LogP contribution in [0.3, 0.4) is 0 Å². The third kappa shape index (κ3) is 3.84. The van der Waals surface area contributed by atoms with E-state index in [1.165, 1.54) is 0 Å². The highest BCUT2D eigenvalue weighted by atomic mass is 32.1. The molecule has 2 rings (SSSR count). The Labute approximate surface area is 123 Å². The number of benzene rings is 1. The average molecular weight is 294 g/mol. The van der Waals surface area contributed by atoms with E-state index in [1.807, 2.05) is 24.3 Å². The van der Waals surface area contributed by atoms with Gasteiger partial charge in [-0.1, -0.05) is 24.4 Å². The molecule has 2 N–H and O–H groups in total. The van der Waals surface area contributed by atoms with Crippen LogP contribution in [0.5, 0.6) is 5.75 Å². The van der Waals surface area contributed by atoms with Gasteiger partial charge in [0.1, 0.15) is 5.75 Å². The third-order valence-corrected chi connectivity index (χ3v) is 3.82. The maximum Gasteiger partial charge on any atom is 0.404 e. The Morgan fingerprint density at radius 1 is 1.50 bits per heavy atom. The lowest BCUT2D eigenvalue weighted by molar-refractivity contribution is 0.184. The third-order valence-electron chi connectivity index (χ3n) is 3.36. The van der Waals surface area contributed by atoms with E-state index in [1.54, 1.807) is 7.11 Å². The predicted octanol–water partition coefficient (Wildman–Crippen LogP) is 2.25. The molecule has 1 aromatic rings. The van der Waals surface area contributed by atoms with E-state index in [0.29, 0.717) is 13.1 Å². The number of rotatable bonds is 4. The maximum atomic E-state index is 10.7. The standard InChI is InChI=1S/C14H18N2O3S/c1-19-12-5-2-10(3-6-12)8-16-9-11(15-14(17)18)4-7-13(16)20/h2-3,5-6,11,15H,4,7-9H2,1H3,(H,17,18). The maximum absolute atomic E-state index is 10.7. The van der Waals surface area contributed by atoms with Crippen molar-refractivity contribution in [1.29, 1.82) is 0 Å². The van der Waals surface area contributed by atoms with Gasteiger partial charge in [-0.3, -0.25) is 0 Å². The molecule has 0 radical (unpaired) electrons. The molecule has 1 unspecified atom stereocenters. The first-order chi connectivity index (χ1) is 9.58. The number of nitrogens with zero attached hydrogens (tertiary/aromatic N) is 1. The van der Waals surface area contributed by atoms with Crippen molar-refractivity contribution in [3.63, 3.8) is 0 Å². The summed E-state index contributed by atoms with van der Waals surface area (Å²) in [6.07, 6.45) is 0.535. The Hall–Kier alpha value is -1.82. The summed E-state index contributed by atoms with van der Waals surface area (Å²) in [6, 6.07) is 7.76. The highest BCUT2D eigenvalue weighted by molar-refractivity contribution is 7.80. The number of amides is 1. The van der Waals surface area contributed by atoms with Crippen LogP contribution in [0.4, 0.5) is 4.79 Å². The van der Waals surface area contributed by atoms with Crippen molar-refractivity contribution in [2.24, 2.45) is 0 Å². The Morgan fingerprint density at radius 3 is 2.80 bits per heavy atom. The second-order valence-corrected chi connectivity index (χ2v) is 5.28. The van der Waals surface area contributed by atoms with E-state index in [9.17, 15) is 4.79 Å². The van der Waals surface area contributed by atoms with Gasteiger partial charge in [0.25, 0.3) is 0 Å². The van der Waals surface area contributed by atoms with Crippen LogP contribution in [0.15, 0.2) is 24.3 Å². The number of hydrogen-bond acceptors (Lipinski definition) is 3. The van der Waals surface area contributed by atoms with E-state index in [0.717, 1.165) is 29.1 Å². The minimum Gasteiger partial charge on any atom is -0.497 e. The number of carboxylic acid groups (broad SMARTS) is 1. The van der Waals surface area contributed by atoms with Gasteiger partial charge in [0.15, 0.2) is 0 Å². The van der Waals surface area contributed by atoms with Crippen molar-refractivity contribution in [1.82, 2.24) is 10.2 Å². The molecule has 1 atom stereocenters. The number of methoxy groups -OCH3 is 1. The fourth-order valence-electron chi connectivity index (χ4n) is 2.31. The number of likely N-dealkylation sites (tertiary alicyclic amines) is 1. The normalized spacial score (nSPS) is 18.8. The van der Waals surface area contributed by atoms with Gasteiger partial charge < -0.3 is 20.1 Å². The molecule has 0 aromatic heterocycles. The van der Waals surface area contributed by atoms with Gasteiger partial charge in [-0.05, 0) is 30.5 Å². The van der Waals surface area contributed by atoms with Gasteiger partial charge in [-0.25, -0.2) is 4.79 Å². The zero-order valence-electron chi connectivity index (χ0n) is 11.3. The fourth-order valence-corrected chi connectivity index (χ4v) is 2.57. The summed E-state index contributed by atoms with van der Waals surface area (Å²) in [4.78, 5) is 13.7. The molecule has 1 fully saturated rings. The zero-order chi connectivity index (χ0) is 14.5. The SMILES string of the molecule is COc1ccc(CN2CC(NC(=O)O)CCC2=S)cc1. The fraction of sp³-hybridized carbons (Fsp3) is 0.429. The quantitative estimate of drug-likeness (QED) is 0.834. The number of carbonyl (C=O) groups is 1. The number of thiocarbonyl (C=S) groups is 1. The van der Waals surface area contributed by atoms with Crippen molar-refractivity contribution < 1.29 is 14.6 Å². The summed E-state index contributed by atoms with van der Waals surface area (Å²) in [6.45, 7) is 1.32. The van der Waals surface area contributed by atoms with E-state index in [4.69, 9.17) is 22.1 Å². The first-order valence-corrected chi connectivity index (χ1v) is 6.89. The monoisotopic (exact) mass is 294 g/mol. The summed E-state index contributed by atoms with van der Waals surface area (Å²) in [5.74, 6) is 0.820. The first-order valence-electron chi connectivity index (χ1n) is 6.48. The Bertz CT molecular complexity index is 490. The van der Waals surface area contributed by atoms with E-state index >= 15 is 0 Å². The Kier molecular flexibility index (Phi) is 4.79. The average Bonchev–Trinajstić information content (AvgIpc) is 2.43. The molecule has 1 heterocycles. The van der Waals surface area contributed by atoms with E-state index < -0.39 is 6.09 Å². The van der Waals surface area contributed by atoms with Crippen LogP contribution in [0.25, 0.3) is 0 Å². The lowest BCUT2D eigenvalue weighted by Crippen LogP contribution is -2.48. The lowest BCUT2D eigenvalue weighted by Gasteiger charge is -2.34. The van der Waals surface area contributed by atoms with Gasteiger partial charge in [0, 0.05) is 13.1 Å². The minimum absolute atomic E-state index is 0.0579. The van der Waals surface area contributed by atoms with Crippen LogP contribution < -0.4 is 10.1 Å². The second-order valence-electron chi connectivity index (χ2n) is 4.81. The van der Waals surface area contributed by atoms with Gasteiger partial charge in [0.05, 0.1) is 18.1 Å². The van der Waals surface area contributed by atoms with Crippen molar-refractivity contribution >= 4 is 23.3 Å². The van der Waals surface area contributed by atoms with Crippen LogP contribution >= 0.6 is 12.2 Å². The Morgan fingerprint density at radius 2 is 2.20 bits per heavy atom. The topological polar surface area (TPSA) is 61.8 Å². The highest BCUT2D eigenvalue weighted by Gasteiger charge is 2.24. The van der Waals surface area contributed by atoms with E-state index in [2.05, 4.69) is 10.2 Å². The van der Waals surface area contributed by atoms with Crippen molar-refractivity contribution in [2.75, 3.05) is 13.7 Å². The molecule has 5 nitrogen and oxygen atoms in total. The lowest BCUT2D eigenvalue weighted by atomic mass is 10.0. The number of hydrogen-bond donors (Lipinski definition) is 2. The van der Waals surface area contributed by atoms with Crippen molar-refractivity contribution in [3.05, 3.63) is 29.8 Å². The highest BCUT2D eigenvalue weighted by Crippen LogP contribution is 2.18. The molecule has 6 heteroatoms. The zero-order valence-corrected chi connectivity index (χ0v) is 12.2. The summed E-state index contributed by atoms with van der Waals surface area (Å²) in [5, 5.41) is 11.3. The van der Waals surface area contributed by atoms with Crippen molar-refractivity contribution in [2.45, 2.75) is 25.4 Å². The first kappa shape index (κ1) is 14.6. The summed E-state index contributed by atoms with van der Waals surface area (Å²) in [7, 11) is 1.64. The molecular formula is C14H18N2O3S. The predicted molar refractivity (Wildman–Crippen MR) is 80.2 cm³/mol. The van der Waals surface area contributed by atoms with Crippen LogP contribution in [0.2, 0.25) is 0 Å². The van der Waals surface area contributed by atoms with Gasteiger partial charge in [-0.2, -0.15) is 0 Å².